The lowest BCUT2D eigenvalue weighted by atomic mass is 10.1. The summed E-state index contributed by atoms with van der Waals surface area (Å²) < 4.78 is 51.7. The monoisotopic (exact) mass is 279 g/mol. The van der Waals surface area contributed by atoms with Crippen LogP contribution in [-0.4, -0.2) is 23.0 Å². The van der Waals surface area contributed by atoms with Crippen molar-refractivity contribution in [1.29, 1.82) is 0 Å². The molecule has 2 N–H and O–H groups in total. The molecule has 1 rings (SSSR count). The van der Waals surface area contributed by atoms with Crippen LogP contribution < -0.4 is 5.32 Å². The van der Waals surface area contributed by atoms with Gasteiger partial charge < -0.3 is 10.4 Å². The van der Waals surface area contributed by atoms with Crippen molar-refractivity contribution in [1.82, 2.24) is 5.32 Å². The fourth-order valence-electron chi connectivity index (χ4n) is 1.31. The van der Waals surface area contributed by atoms with Crippen molar-refractivity contribution in [3.63, 3.8) is 0 Å². The normalized spacial score (nSPS) is 12.1. The highest BCUT2D eigenvalue weighted by Gasteiger charge is 2.25. The molecular formula is C11H9F4NO3. The first-order chi connectivity index (χ1) is 8.79. The quantitative estimate of drug-likeness (QED) is 0.502. The van der Waals surface area contributed by atoms with Gasteiger partial charge in [-0.25, -0.2) is 22.4 Å². The Morgan fingerprint density at radius 1 is 1.21 bits per heavy atom. The third-order valence-electron chi connectivity index (χ3n) is 2.36. The number of nitrogens with one attached hydrogen (secondary N) is 1. The average molecular weight is 279 g/mol. The minimum absolute atomic E-state index is 0.0190. The average Bonchev–Trinajstić information content (AvgIpc) is 2.36. The molecule has 0 unspecified atom stereocenters. The number of amides is 1. The second-order valence-electron chi connectivity index (χ2n) is 3.62. The molecule has 0 bridgehead atoms. The number of halogens is 4. The van der Waals surface area contributed by atoms with Crippen molar-refractivity contribution in [3.8, 4) is 0 Å². The first-order valence-electron chi connectivity index (χ1n) is 5.16. The van der Waals surface area contributed by atoms with E-state index in [1.807, 2.05) is 5.32 Å². The van der Waals surface area contributed by atoms with Crippen molar-refractivity contribution in [2.45, 2.75) is 19.4 Å². The van der Waals surface area contributed by atoms with Gasteiger partial charge in [0, 0.05) is 0 Å². The Bertz CT molecular complexity index is 533. The minimum atomic E-state index is -2.13. The lowest BCUT2D eigenvalue weighted by molar-refractivity contribution is -0.139. The van der Waals surface area contributed by atoms with E-state index < -0.39 is 46.8 Å². The van der Waals surface area contributed by atoms with Crippen LogP contribution in [0.1, 0.15) is 23.7 Å². The fraction of sp³-hybridized carbons (Fsp3) is 0.273. The standard InChI is InChI=1S/C11H9F4NO3/c1-2-6(11(18)19)16-10(17)4-3-5(12)8(14)9(15)7(4)13/h3,6H,2H2,1H3,(H,16,17)(H,18,19)/t6-/m1/s1. The van der Waals surface area contributed by atoms with Crippen molar-refractivity contribution in [3.05, 3.63) is 34.9 Å². The summed E-state index contributed by atoms with van der Waals surface area (Å²) in [5.74, 6) is -10.5. The summed E-state index contributed by atoms with van der Waals surface area (Å²) in [5.41, 5.74) is -1.10. The van der Waals surface area contributed by atoms with E-state index in [0.717, 1.165) is 0 Å². The van der Waals surface area contributed by atoms with Crippen LogP contribution in [0, 0.1) is 23.3 Å². The van der Waals surface area contributed by atoms with Gasteiger partial charge in [-0.3, -0.25) is 4.79 Å². The Kier molecular flexibility index (Phi) is 4.47. The largest absolute Gasteiger partial charge is 0.480 e. The van der Waals surface area contributed by atoms with Crippen molar-refractivity contribution < 1.29 is 32.3 Å². The van der Waals surface area contributed by atoms with Crippen molar-refractivity contribution >= 4 is 11.9 Å². The molecule has 1 amide bonds. The van der Waals surface area contributed by atoms with E-state index in [-0.39, 0.29) is 12.5 Å². The summed E-state index contributed by atoms with van der Waals surface area (Å²) in [4.78, 5) is 22.1. The molecule has 19 heavy (non-hydrogen) atoms. The molecular weight excluding hydrogens is 270 g/mol. The zero-order valence-electron chi connectivity index (χ0n) is 9.64. The lowest BCUT2D eigenvalue weighted by Crippen LogP contribution is -2.40. The van der Waals surface area contributed by atoms with Gasteiger partial charge in [0.1, 0.15) is 6.04 Å². The van der Waals surface area contributed by atoms with Crippen LogP contribution in [0.15, 0.2) is 6.07 Å². The van der Waals surface area contributed by atoms with E-state index >= 15 is 0 Å². The van der Waals surface area contributed by atoms with E-state index in [1.54, 1.807) is 0 Å². The Balaban J connectivity index is 3.11. The molecule has 0 fully saturated rings. The summed E-state index contributed by atoms with van der Waals surface area (Å²) in [7, 11) is 0. The van der Waals surface area contributed by atoms with E-state index in [4.69, 9.17) is 5.11 Å². The van der Waals surface area contributed by atoms with Gasteiger partial charge in [-0.05, 0) is 12.5 Å². The van der Waals surface area contributed by atoms with Crippen LogP contribution in [0.5, 0.6) is 0 Å². The summed E-state index contributed by atoms with van der Waals surface area (Å²) in [5, 5.41) is 10.5. The number of carboxylic acid groups (broad SMARTS) is 1. The molecule has 0 saturated carbocycles. The van der Waals surface area contributed by atoms with Crippen molar-refractivity contribution in [2.75, 3.05) is 0 Å². The zero-order chi connectivity index (χ0) is 14.7. The highest BCUT2D eigenvalue weighted by atomic mass is 19.2. The van der Waals surface area contributed by atoms with Crippen molar-refractivity contribution in [2.24, 2.45) is 0 Å². The maximum atomic E-state index is 13.3. The van der Waals surface area contributed by atoms with Gasteiger partial charge in [-0.1, -0.05) is 6.92 Å². The smallest absolute Gasteiger partial charge is 0.326 e. The van der Waals surface area contributed by atoms with Gasteiger partial charge >= 0.3 is 5.97 Å². The van der Waals surface area contributed by atoms with Crippen LogP contribution in [0.2, 0.25) is 0 Å². The number of hydrogen-bond donors (Lipinski definition) is 2. The molecule has 0 aliphatic carbocycles. The van der Waals surface area contributed by atoms with Gasteiger partial charge in [-0.15, -0.1) is 0 Å². The molecule has 0 aliphatic rings. The van der Waals surface area contributed by atoms with E-state index in [2.05, 4.69) is 0 Å². The molecule has 1 aromatic rings. The molecule has 0 aromatic heterocycles. The Morgan fingerprint density at radius 2 is 1.79 bits per heavy atom. The topological polar surface area (TPSA) is 66.4 Å². The molecule has 0 radical (unpaired) electrons. The maximum absolute atomic E-state index is 13.3. The number of carbonyl (C=O) groups excluding carboxylic acids is 1. The molecule has 4 nitrogen and oxygen atoms in total. The molecule has 0 heterocycles. The number of carbonyl (C=O) groups is 2. The van der Waals surface area contributed by atoms with Gasteiger partial charge in [-0.2, -0.15) is 0 Å². The second kappa shape index (κ2) is 5.68. The molecule has 1 aromatic carbocycles. The molecule has 0 aliphatic heterocycles. The highest BCUT2D eigenvalue weighted by Crippen LogP contribution is 2.18. The SMILES string of the molecule is CC[C@@H](NC(=O)c1cc(F)c(F)c(F)c1F)C(=O)O. The Labute approximate surface area is 105 Å². The lowest BCUT2D eigenvalue weighted by Gasteiger charge is -2.13. The van der Waals surface area contributed by atoms with Crippen LogP contribution in [0.3, 0.4) is 0 Å². The number of benzene rings is 1. The number of rotatable bonds is 4. The van der Waals surface area contributed by atoms with E-state index in [0.29, 0.717) is 0 Å². The highest BCUT2D eigenvalue weighted by molar-refractivity contribution is 5.96. The molecule has 0 saturated heterocycles. The predicted octanol–water partition coefficient (Wildman–Crippen LogP) is 1.84. The predicted molar refractivity (Wildman–Crippen MR) is 55.5 cm³/mol. The Morgan fingerprint density at radius 3 is 2.26 bits per heavy atom. The maximum Gasteiger partial charge on any atom is 0.326 e. The number of carboxylic acids is 1. The number of hydrogen-bond acceptors (Lipinski definition) is 2. The third-order valence-corrected chi connectivity index (χ3v) is 2.36. The Hall–Kier alpha value is -2.12. The fourth-order valence-corrected chi connectivity index (χ4v) is 1.31. The molecule has 1 atom stereocenters. The van der Waals surface area contributed by atoms with Gasteiger partial charge in [0.15, 0.2) is 23.3 Å². The van der Waals surface area contributed by atoms with Crippen LogP contribution >= 0.6 is 0 Å². The minimum Gasteiger partial charge on any atom is -0.480 e. The number of aliphatic carboxylic acids is 1. The first-order valence-corrected chi connectivity index (χ1v) is 5.16. The molecule has 8 heteroatoms. The molecule has 0 spiro atoms. The van der Waals surface area contributed by atoms with Gasteiger partial charge in [0.25, 0.3) is 5.91 Å². The summed E-state index contributed by atoms with van der Waals surface area (Å²) in [6.45, 7) is 1.43. The summed E-state index contributed by atoms with van der Waals surface area (Å²) >= 11 is 0. The van der Waals surface area contributed by atoms with Crippen LogP contribution in [-0.2, 0) is 4.79 Å². The zero-order valence-corrected chi connectivity index (χ0v) is 9.64. The summed E-state index contributed by atoms with van der Waals surface area (Å²) in [6, 6.07) is -1.18. The molecule has 104 valence electrons. The third kappa shape index (κ3) is 3.01. The van der Waals surface area contributed by atoms with E-state index in [9.17, 15) is 27.2 Å². The summed E-state index contributed by atoms with van der Waals surface area (Å²) in [6.07, 6.45) is -0.0190. The van der Waals surface area contributed by atoms with Crippen LogP contribution in [0.25, 0.3) is 0 Å². The van der Waals surface area contributed by atoms with Gasteiger partial charge in [0.2, 0.25) is 0 Å². The van der Waals surface area contributed by atoms with E-state index in [1.165, 1.54) is 6.92 Å². The van der Waals surface area contributed by atoms with Gasteiger partial charge in [0.05, 0.1) is 5.56 Å². The van der Waals surface area contributed by atoms with Crippen LogP contribution in [0.4, 0.5) is 17.6 Å². The second-order valence-corrected chi connectivity index (χ2v) is 3.62. The first kappa shape index (κ1) is 14.9.